The van der Waals surface area contributed by atoms with Gasteiger partial charge in [-0.2, -0.15) is 0 Å². The zero-order valence-corrected chi connectivity index (χ0v) is 10.8. The summed E-state index contributed by atoms with van der Waals surface area (Å²) in [4.78, 5) is 0. The van der Waals surface area contributed by atoms with E-state index in [2.05, 4.69) is 26.1 Å². The van der Waals surface area contributed by atoms with Crippen LogP contribution in [0.3, 0.4) is 0 Å². The van der Waals surface area contributed by atoms with Gasteiger partial charge in [-0.15, -0.1) is 0 Å². The number of rotatable bonds is 6. The second-order valence-electron chi connectivity index (χ2n) is 4.79. The second kappa shape index (κ2) is 6.70. The number of hydrogen-bond acceptors (Lipinski definition) is 1. The Morgan fingerprint density at radius 2 is 1.88 bits per heavy atom. The Morgan fingerprint density at radius 3 is 2.41 bits per heavy atom. The summed E-state index contributed by atoms with van der Waals surface area (Å²) in [6.45, 7) is 7.23. The van der Waals surface area contributed by atoms with E-state index in [4.69, 9.17) is 0 Å². The van der Waals surface area contributed by atoms with Crippen LogP contribution >= 0.6 is 0 Å². The molecule has 3 heteroatoms. The number of halogens is 2. The van der Waals surface area contributed by atoms with Crippen LogP contribution in [0.4, 0.5) is 8.78 Å². The third-order valence-corrected chi connectivity index (χ3v) is 2.90. The van der Waals surface area contributed by atoms with Crippen LogP contribution in [-0.4, -0.2) is 12.6 Å². The van der Waals surface area contributed by atoms with Crippen molar-refractivity contribution in [1.29, 1.82) is 0 Å². The van der Waals surface area contributed by atoms with Gasteiger partial charge in [-0.25, -0.2) is 8.78 Å². The monoisotopic (exact) mass is 241 g/mol. The summed E-state index contributed by atoms with van der Waals surface area (Å²) in [6.07, 6.45) is 1.81. The quantitative estimate of drug-likeness (QED) is 0.803. The predicted molar refractivity (Wildman–Crippen MR) is 67.0 cm³/mol. The summed E-state index contributed by atoms with van der Waals surface area (Å²) in [5.74, 6) is -1.07. The molecule has 0 saturated heterocycles. The molecule has 1 aromatic carbocycles. The molecular formula is C14H21F2N. The second-order valence-corrected chi connectivity index (χ2v) is 4.79. The molecule has 1 nitrogen and oxygen atoms in total. The highest BCUT2D eigenvalue weighted by Crippen LogP contribution is 2.15. The SMILES string of the molecule is CCC(CNC(C)C)Cc1ccc(F)c(F)c1. The summed E-state index contributed by atoms with van der Waals surface area (Å²) in [7, 11) is 0. The van der Waals surface area contributed by atoms with Gasteiger partial charge in [0.2, 0.25) is 0 Å². The predicted octanol–water partition coefficient (Wildman–Crippen LogP) is 3.53. The lowest BCUT2D eigenvalue weighted by atomic mass is 9.96. The minimum Gasteiger partial charge on any atom is -0.314 e. The molecule has 1 atom stereocenters. The van der Waals surface area contributed by atoms with Crippen LogP contribution in [0.25, 0.3) is 0 Å². The molecule has 1 rings (SSSR count). The van der Waals surface area contributed by atoms with E-state index in [1.54, 1.807) is 6.07 Å². The number of hydrogen-bond donors (Lipinski definition) is 1. The van der Waals surface area contributed by atoms with Crippen molar-refractivity contribution < 1.29 is 8.78 Å². The number of nitrogens with one attached hydrogen (secondary N) is 1. The molecule has 0 aliphatic heterocycles. The van der Waals surface area contributed by atoms with E-state index in [-0.39, 0.29) is 0 Å². The largest absolute Gasteiger partial charge is 0.314 e. The van der Waals surface area contributed by atoms with Crippen LogP contribution in [-0.2, 0) is 6.42 Å². The van der Waals surface area contributed by atoms with E-state index in [1.807, 2.05) is 0 Å². The lowest BCUT2D eigenvalue weighted by molar-refractivity contribution is 0.434. The first kappa shape index (κ1) is 14.1. The summed E-state index contributed by atoms with van der Waals surface area (Å²) >= 11 is 0. The van der Waals surface area contributed by atoms with E-state index in [0.29, 0.717) is 12.0 Å². The van der Waals surface area contributed by atoms with Gasteiger partial charge in [-0.3, -0.25) is 0 Å². The molecule has 0 amide bonds. The van der Waals surface area contributed by atoms with Crippen LogP contribution < -0.4 is 5.32 Å². The van der Waals surface area contributed by atoms with Gasteiger partial charge in [0.1, 0.15) is 0 Å². The molecule has 96 valence electrons. The van der Waals surface area contributed by atoms with Crippen LogP contribution in [0.15, 0.2) is 18.2 Å². The van der Waals surface area contributed by atoms with Gasteiger partial charge in [-0.05, 0) is 36.6 Å². The summed E-state index contributed by atoms with van der Waals surface area (Å²) in [5.41, 5.74) is 0.862. The van der Waals surface area contributed by atoms with Crippen molar-refractivity contribution in [3.63, 3.8) is 0 Å². The van der Waals surface area contributed by atoms with Gasteiger partial charge in [0, 0.05) is 6.04 Å². The summed E-state index contributed by atoms with van der Waals surface area (Å²) in [6, 6.07) is 4.62. The molecule has 0 aliphatic carbocycles. The van der Waals surface area contributed by atoms with E-state index in [1.165, 1.54) is 12.1 Å². The fraction of sp³-hybridized carbons (Fsp3) is 0.571. The van der Waals surface area contributed by atoms with E-state index >= 15 is 0 Å². The standard InChI is InChI=1S/C14H21F2N/c1-4-11(9-17-10(2)3)7-12-5-6-13(15)14(16)8-12/h5-6,8,10-11,17H,4,7,9H2,1-3H3. The normalized spacial score (nSPS) is 13.1. The summed E-state index contributed by atoms with van der Waals surface area (Å²) < 4.78 is 25.8. The van der Waals surface area contributed by atoms with Crippen LogP contribution in [0.5, 0.6) is 0 Å². The molecule has 0 saturated carbocycles. The molecule has 0 spiro atoms. The van der Waals surface area contributed by atoms with Gasteiger partial charge in [0.05, 0.1) is 0 Å². The van der Waals surface area contributed by atoms with Gasteiger partial charge >= 0.3 is 0 Å². The Labute approximate surface area is 102 Å². The maximum absolute atomic E-state index is 13.1. The van der Waals surface area contributed by atoms with Crippen molar-refractivity contribution in [3.8, 4) is 0 Å². The molecule has 17 heavy (non-hydrogen) atoms. The van der Waals surface area contributed by atoms with E-state index in [0.717, 1.165) is 24.9 Å². The molecule has 1 aromatic rings. The van der Waals surface area contributed by atoms with Gasteiger partial charge in [0.15, 0.2) is 11.6 Å². The minimum absolute atomic E-state index is 0.453. The molecular weight excluding hydrogens is 220 g/mol. The Morgan fingerprint density at radius 1 is 1.18 bits per heavy atom. The van der Waals surface area contributed by atoms with Crippen molar-refractivity contribution >= 4 is 0 Å². The smallest absolute Gasteiger partial charge is 0.159 e. The maximum Gasteiger partial charge on any atom is 0.159 e. The van der Waals surface area contributed by atoms with Crippen molar-refractivity contribution in [2.24, 2.45) is 5.92 Å². The highest BCUT2D eigenvalue weighted by Gasteiger charge is 2.10. The minimum atomic E-state index is -0.776. The topological polar surface area (TPSA) is 12.0 Å². The first-order valence-electron chi connectivity index (χ1n) is 6.20. The third-order valence-electron chi connectivity index (χ3n) is 2.90. The van der Waals surface area contributed by atoms with Gasteiger partial charge in [0.25, 0.3) is 0 Å². The van der Waals surface area contributed by atoms with E-state index < -0.39 is 11.6 Å². The molecule has 0 radical (unpaired) electrons. The fourth-order valence-corrected chi connectivity index (χ4v) is 1.76. The third kappa shape index (κ3) is 4.82. The Bertz CT molecular complexity index is 350. The lowest BCUT2D eigenvalue weighted by Crippen LogP contribution is -2.29. The molecule has 0 aromatic heterocycles. The first-order valence-corrected chi connectivity index (χ1v) is 6.20. The van der Waals surface area contributed by atoms with Crippen molar-refractivity contribution in [2.75, 3.05) is 6.54 Å². The van der Waals surface area contributed by atoms with Crippen molar-refractivity contribution in [1.82, 2.24) is 5.32 Å². The first-order chi connectivity index (χ1) is 8.02. The van der Waals surface area contributed by atoms with Gasteiger partial charge < -0.3 is 5.32 Å². The molecule has 1 unspecified atom stereocenters. The zero-order valence-electron chi connectivity index (χ0n) is 10.8. The van der Waals surface area contributed by atoms with Gasteiger partial charge in [-0.1, -0.05) is 33.3 Å². The molecule has 0 bridgehead atoms. The zero-order chi connectivity index (χ0) is 12.8. The Hall–Kier alpha value is -0.960. The van der Waals surface area contributed by atoms with E-state index in [9.17, 15) is 8.78 Å². The Balaban J connectivity index is 2.57. The van der Waals surface area contributed by atoms with Crippen molar-refractivity contribution in [3.05, 3.63) is 35.4 Å². The Kier molecular flexibility index (Phi) is 5.56. The van der Waals surface area contributed by atoms with Crippen LogP contribution in [0.1, 0.15) is 32.8 Å². The fourth-order valence-electron chi connectivity index (χ4n) is 1.76. The van der Waals surface area contributed by atoms with Crippen molar-refractivity contribution in [2.45, 2.75) is 39.7 Å². The van der Waals surface area contributed by atoms with Crippen LogP contribution in [0.2, 0.25) is 0 Å². The summed E-state index contributed by atoms with van der Waals surface area (Å²) in [5, 5.41) is 3.37. The highest BCUT2D eigenvalue weighted by atomic mass is 19.2. The molecule has 0 aliphatic rings. The molecule has 0 heterocycles. The van der Waals surface area contributed by atoms with Crippen LogP contribution in [0, 0.1) is 17.6 Å². The lowest BCUT2D eigenvalue weighted by Gasteiger charge is -2.17. The maximum atomic E-state index is 13.1. The highest BCUT2D eigenvalue weighted by molar-refractivity contribution is 5.18. The average Bonchev–Trinajstić information content (AvgIpc) is 2.28. The average molecular weight is 241 g/mol. The molecule has 0 fully saturated rings. The molecule has 1 N–H and O–H groups in total. The number of benzene rings is 1.